The fourth-order valence-electron chi connectivity index (χ4n) is 3.29. The molecule has 3 amide bonds. The highest BCUT2D eigenvalue weighted by atomic mass is 35.5. The Balaban J connectivity index is 1.52. The average molecular weight is 530 g/mol. The number of benzene rings is 3. The topological polar surface area (TPSA) is 146 Å². The zero-order valence-corrected chi connectivity index (χ0v) is 20.6. The molecule has 0 bridgehead atoms. The van der Waals surface area contributed by atoms with Crippen LogP contribution in [0.1, 0.15) is 15.9 Å². The fraction of sp³-hybridized carbons (Fsp3) is 0.160. The molecule has 0 spiro atoms. The van der Waals surface area contributed by atoms with E-state index in [4.69, 9.17) is 34.1 Å². The monoisotopic (exact) mass is 529 g/mol. The molecule has 0 aromatic heterocycles. The highest BCUT2D eigenvalue weighted by Crippen LogP contribution is 2.22. The number of anilines is 1. The lowest BCUT2D eigenvalue weighted by Crippen LogP contribution is -2.50. The van der Waals surface area contributed by atoms with Crippen molar-refractivity contribution >= 4 is 46.6 Å². The number of hydroxylamine groups is 1. The van der Waals surface area contributed by atoms with Gasteiger partial charge in [0.15, 0.2) is 0 Å². The van der Waals surface area contributed by atoms with Crippen LogP contribution in [0.15, 0.2) is 66.7 Å². The summed E-state index contributed by atoms with van der Waals surface area (Å²) >= 11 is 12.0. The van der Waals surface area contributed by atoms with Crippen molar-refractivity contribution in [3.63, 3.8) is 0 Å². The minimum Gasteiger partial charge on any atom is -0.339 e. The molecule has 9 nitrogen and oxygen atoms in total. The molecule has 0 unspecified atom stereocenters. The Bertz CT molecular complexity index is 1220. The number of halogens is 2. The van der Waals surface area contributed by atoms with Gasteiger partial charge in [-0.15, -0.1) is 0 Å². The first kappa shape index (κ1) is 27.1. The Hall–Kier alpha value is -3.47. The van der Waals surface area contributed by atoms with E-state index < -0.39 is 17.9 Å². The van der Waals surface area contributed by atoms with Crippen LogP contribution < -0.4 is 27.2 Å². The summed E-state index contributed by atoms with van der Waals surface area (Å²) in [4.78, 5) is 36.1. The Labute approximate surface area is 217 Å². The molecule has 0 fully saturated rings. The minimum atomic E-state index is -1.05. The van der Waals surface area contributed by atoms with Crippen molar-refractivity contribution in [1.82, 2.24) is 16.1 Å². The smallest absolute Gasteiger partial charge is 0.267 e. The van der Waals surface area contributed by atoms with Gasteiger partial charge >= 0.3 is 0 Å². The van der Waals surface area contributed by atoms with Crippen LogP contribution in [0.5, 0.6) is 0 Å². The molecule has 0 aliphatic rings. The van der Waals surface area contributed by atoms with Gasteiger partial charge in [0.05, 0.1) is 6.54 Å². The molecule has 36 heavy (non-hydrogen) atoms. The zero-order valence-electron chi connectivity index (χ0n) is 19.1. The number of hydrogen-bond donors (Lipinski definition) is 6. The largest absolute Gasteiger partial charge is 0.339 e. The zero-order chi connectivity index (χ0) is 26.1. The Morgan fingerprint density at radius 3 is 2.14 bits per heavy atom. The summed E-state index contributed by atoms with van der Waals surface area (Å²) in [6, 6.07) is 18.2. The van der Waals surface area contributed by atoms with E-state index in [1.54, 1.807) is 54.6 Å². The fourth-order valence-corrected chi connectivity index (χ4v) is 3.77. The molecular formula is C25H25Cl2N5O4. The number of nitrogens with one attached hydrogen (secondary N) is 4. The van der Waals surface area contributed by atoms with E-state index in [2.05, 4.69) is 16.0 Å². The van der Waals surface area contributed by atoms with E-state index in [0.717, 1.165) is 16.7 Å². The van der Waals surface area contributed by atoms with Gasteiger partial charge in [0.2, 0.25) is 5.91 Å². The van der Waals surface area contributed by atoms with Crippen molar-refractivity contribution in [3.8, 4) is 11.1 Å². The van der Waals surface area contributed by atoms with Crippen molar-refractivity contribution < 1.29 is 19.6 Å². The summed E-state index contributed by atoms with van der Waals surface area (Å²) in [6.45, 7) is 0.374. The molecule has 3 aromatic carbocycles. The molecule has 0 aliphatic carbocycles. The van der Waals surface area contributed by atoms with Crippen molar-refractivity contribution in [3.05, 3.63) is 87.9 Å². The SMILES string of the molecule is NC[C@H](NC(=O)c1ccc(-c2ccc(NC(=O)CNCc3ccc(Cl)cc3Cl)cc2)cc1)C(=O)NO. The van der Waals surface area contributed by atoms with E-state index in [9.17, 15) is 14.4 Å². The Kier molecular flexibility index (Phi) is 9.80. The van der Waals surface area contributed by atoms with Crippen LogP contribution in [0, 0.1) is 0 Å². The van der Waals surface area contributed by atoms with Crippen molar-refractivity contribution in [2.45, 2.75) is 12.6 Å². The van der Waals surface area contributed by atoms with Crippen LogP contribution in [0.3, 0.4) is 0 Å². The van der Waals surface area contributed by atoms with Crippen molar-refractivity contribution in [1.29, 1.82) is 0 Å². The van der Waals surface area contributed by atoms with Crippen molar-refractivity contribution in [2.75, 3.05) is 18.4 Å². The molecule has 0 aliphatic heterocycles. The van der Waals surface area contributed by atoms with Gasteiger partial charge in [-0.25, -0.2) is 5.48 Å². The Morgan fingerprint density at radius 2 is 1.56 bits per heavy atom. The summed E-state index contributed by atoms with van der Waals surface area (Å²) in [5, 5.41) is 18.1. The normalized spacial score (nSPS) is 11.4. The average Bonchev–Trinajstić information content (AvgIpc) is 2.88. The second-order valence-corrected chi connectivity index (χ2v) is 8.62. The van der Waals surface area contributed by atoms with Gasteiger partial charge in [0.1, 0.15) is 6.04 Å². The molecule has 0 saturated carbocycles. The summed E-state index contributed by atoms with van der Waals surface area (Å²) in [5.41, 5.74) is 10.5. The second-order valence-electron chi connectivity index (χ2n) is 7.78. The first-order valence-corrected chi connectivity index (χ1v) is 11.7. The number of carbonyl (C=O) groups excluding carboxylic acids is 3. The lowest BCUT2D eigenvalue weighted by Gasteiger charge is -2.14. The molecule has 0 heterocycles. The molecule has 11 heteroatoms. The highest BCUT2D eigenvalue weighted by molar-refractivity contribution is 6.35. The summed E-state index contributed by atoms with van der Waals surface area (Å²) < 4.78 is 0. The van der Waals surface area contributed by atoms with E-state index in [1.807, 2.05) is 12.1 Å². The number of amides is 3. The van der Waals surface area contributed by atoms with Gasteiger partial charge in [-0.1, -0.05) is 53.5 Å². The quantitative estimate of drug-likeness (QED) is 0.176. The molecular weight excluding hydrogens is 505 g/mol. The van der Waals surface area contributed by atoms with Crippen LogP contribution in [-0.2, 0) is 16.1 Å². The summed E-state index contributed by atoms with van der Waals surface area (Å²) in [6.07, 6.45) is 0. The predicted octanol–water partition coefficient (Wildman–Crippen LogP) is 2.95. The van der Waals surface area contributed by atoms with Crippen LogP contribution in [0.25, 0.3) is 11.1 Å². The maximum atomic E-state index is 12.3. The van der Waals surface area contributed by atoms with Gasteiger partial charge in [-0.2, -0.15) is 0 Å². The molecule has 3 aromatic rings. The van der Waals surface area contributed by atoms with Gasteiger partial charge in [0, 0.05) is 34.4 Å². The van der Waals surface area contributed by atoms with Gasteiger partial charge in [-0.3, -0.25) is 19.6 Å². The third-order valence-corrected chi connectivity index (χ3v) is 5.82. The highest BCUT2D eigenvalue weighted by Gasteiger charge is 2.19. The van der Waals surface area contributed by atoms with E-state index >= 15 is 0 Å². The standard InChI is InChI=1S/C25H25Cl2N5O4/c26-19-8-5-18(21(27)11-19)13-29-14-23(33)30-20-9-6-16(7-10-20)15-1-3-17(4-2-15)24(34)31-22(12-28)25(35)32-36/h1-11,22,29,36H,12-14,28H2,(H,30,33)(H,31,34)(H,32,35)/t22-/m0/s1. The predicted molar refractivity (Wildman–Crippen MR) is 139 cm³/mol. The summed E-state index contributed by atoms with van der Waals surface area (Å²) in [5.74, 6) is -1.49. The third-order valence-electron chi connectivity index (χ3n) is 5.23. The Morgan fingerprint density at radius 1 is 0.917 bits per heavy atom. The van der Waals surface area contributed by atoms with Crippen molar-refractivity contribution in [2.24, 2.45) is 5.73 Å². The number of carbonyl (C=O) groups is 3. The molecule has 3 rings (SSSR count). The van der Waals surface area contributed by atoms with Gasteiger partial charge < -0.3 is 21.7 Å². The minimum absolute atomic E-state index is 0.106. The van der Waals surface area contributed by atoms with E-state index in [1.165, 1.54) is 5.48 Å². The van der Waals surface area contributed by atoms with Crippen LogP contribution in [0.2, 0.25) is 10.0 Å². The maximum Gasteiger partial charge on any atom is 0.267 e. The number of nitrogens with two attached hydrogens (primary N) is 1. The molecule has 0 radical (unpaired) electrons. The summed E-state index contributed by atoms with van der Waals surface area (Å²) in [7, 11) is 0. The third kappa shape index (κ3) is 7.51. The number of hydrogen-bond acceptors (Lipinski definition) is 6. The molecule has 188 valence electrons. The van der Waals surface area contributed by atoms with Crippen LogP contribution in [0.4, 0.5) is 5.69 Å². The maximum absolute atomic E-state index is 12.3. The second kappa shape index (κ2) is 13.0. The van der Waals surface area contributed by atoms with Gasteiger partial charge in [-0.05, 0) is 53.1 Å². The first-order chi connectivity index (χ1) is 17.3. The molecule has 7 N–H and O–H groups in total. The lowest BCUT2D eigenvalue weighted by atomic mass is 10.0. The number of rotatable bonds is 10. The van der Waals surface area contributed by atoms with Gasteiger partial charge in [0.25, 0.3) is 11.8 Å². The van der Waals surface area contributed by atoms with E-state index in [0.29, 0.717) is 27.8 Å². The van der Waals surface area contributed by atoms with Crippen LogP contribution in [-0.4, -0.2) is 42.1 Å². The lowest BCUT2D eigenvalue weighted by molar-refractivity contribution is -0.130. The van der Waals surface area contributed by atoms with E-state index in [-0.39, 0.29) is 19.0 Å². The molecule has 0 saturated heterocycles. The van der Waals surface area contributed by atoms with Crippen LogP contribution >= 0.6 is 23.2 Å². The first-order valence-electron chi connectivity index (χ1n) is 10.9. The molecule has 1 atom stereocenters.